The van der Waals surface area contributed by atoms with Gasteiger partial charge in [0, 0.05) is 5.69 Å². The van der Waals surface area contributed by atoms with Gasteiger partial charge in [-0.2, -0.15) is 0 Å². The van der Waals surface area contributed by atoms with E-state index in [0.29, 0.717) is 0 Å². The molecule has 1 aromatic rings. The van der Waals surface area contributed by atoms with Crippen LogP contribution in [0.2, 0.25) is 13.1 Å². The molecule has 20 heavy (non-hydrogen) atoms. The van der Waals surface area contributed by atoms with E-state index < -0.39 is 9.04 Å². The second-order valence-electron chi connectivity index (χ2n) is 7.91. The summed E-state index contributed by atoms with van der Waals surface area (Å²) in [5, 5.41) is 0. The summed E-state index contributed by atoms with van der Waals surface area (Å²) in [5.74, 6) is 0. The minimum atomic E-state index is -0.764. The van der Waals surface area contributed by atoms with Crippen LogP contribution in [-0.4, -0.2) is 9.04 Å². The Kier molecular flexibility index (Phi) is 5.09. The predicted octanol–water partition coefficient (Wildman–Crippen LogP) is 4.92. The standard InChI is InChI=1S/C17H30NOSi/c1-16(2,3)13-9-12(10-14(18)11-13)15(17(4,5)6)19-20(7)8/h9-11,15H,18H2,1-8H3. The Hall–Kier alpha value is -0.803. The number of nitrogens with two attached hydrogens (primary N) is 1. The third kappa shape index (κ3) is 4.64. The average molecular weight is 293 g/mol. The summed E-state index contributed by atoms with van der Waals surface area (Å²) in [5.41, 5.74) is 9.57. The van der Waals surface area contributed by atoms with Gasteiger partial charge in [0.25, 0.3) is 0 Å². The molecule has 1 radical (unpaired) electrons. The Bertz CT molecular complexity index is 455. The van der Waals surface area contributed by atoms with Crippen molar-refractivity contribution in [3.8, 4) is 0 Å². The lowest BCUT2D eigenvalue weighted by Crippen LogP contribution is -2.26. The maximum absolute atomic E-state index is 6.27. The van der Waals surface area contributed by atoms with Crippen molar-refractivity contribution in [2.75, 3.05) is 5.73 Å². The first-order chi connectivity index (χ1) is 8.91. The highest BCUT2D eigenvalue weighted by molar-refractivity contribution is 6.48. The molecule has 0 spiro atoms. The monoisotopic (exact) mass is 292 g/mol. The number of anilines is 1. The highest BCUT2D eigenvalue weighted by Gasteiger charge is 2.29. The molecule has 0 saturated heterocycles. The molecular weight excluding hydrogens is 262 g/mol. The Labute approximate surface area is 126 Å². The van der Waals surface area contributed by atoms with Crippen LogP contribution in [-0.2, 0) is 9.84 Å². The van der Waals surface area contributed by atoms with Gasteiger partial charge in [-0.05, 0) is 47.2 Å². The summed E-state index contributed by atoms with van der Waals surface area (Å²) in [6.45, 7) is 17.7. The van der Waals surface area contributed by atoms with Gasteiger partial charge in [-0.15, -0.1) is 0 Å². The summed E-state index contributed by atoms with van der Waals surface area (Å²) in [6, 6.07) is 6.40. The van der Waals surface area contributed by atoms with Crippen molar-refractivity contribution in [2.45, 2.75) is 66.2 Å². The quantitative estimate of drug-likeness (QED) is 0.634. The molecule has 0 aliphatic heterocycles. The van der Waals surface area contributed by atoms with Gasteiger partial charge in [-0.25, -0.2) is 0 Å². The molecule has 0 aromatic heterocycles. The fraction of sp³-hybridized carbons (Fsp3) is 0.647. The van der Waals surface area contributed by atoms with Gasteiger partial charge >= 0.3 is 0 Å². The van der Waals surface area contributed by atoms with Crippen LogP contribution in [0.1, 0.15) is 58.8 Å². The van der Waals surface area contributed by atoms with Crippen LogP contribution in [0.4, 0.5) is 5.69 Å². The van der Waals surface area contributed by atoms with E-state index in [1.807, 2.05) is 0 Å². The van der Waals surface area contributed by atoms with Crippen LogP contribution in [0.5, 0.6) is 0 Å². The molecule has 0 aliphatic rings. The summed E-state index contributed by atoms with van der Waals surface area (Å²) in [7, 11) is -0.764. The number of rotatable bonds is 3. The summed E-state index contributed by atoms with van der Waals surface area (Å²) in [6.07, 6.45) is 0.0935. The smallest absolute Gasteiger partial charge is 0.205 e. The lowest BCUT2D eigenvalue weighted by molar-refractivity contribution is 0.0865. The molecule has 113 valence electrons. The number of hydrogen-bond donors (Lipinski definition) is 1. The van der Waals surface area contributed by atoms with Crippen molar-refractivity contribution in [3.05, 3.63) is 29.3 Å². The molecule has 2 nitrogen and oxygen atoms in total. The van der Waals surface area contributed by atoms with Gasteiger partial charge in [0.15, 0.2) is 0 Å². The largest absolute Gasteiger partial charge is 0.410 e. The van der Waals surface area contributed by atoms with Crippen LogP contribution < -0.4 is 5.73 Å². The molecule has 1 atom stereocenters. The summed E-state index contributed by atoms with van der Waals surface area (Å²) >= 11 is 0. The second-order valence-corrected chi connectivity index (χ2v) is 9.96. The van der Waals surface area contributed by atoms with Gasteiger partial charge in [-0.3, -0.25) is 0 Å². The lowest BCUT2D eigenvalue weighted by atomic mass is 9.81. The Morgan fingerprint density at radius 1 is 1.00 bits per heavy atom. The molecule has 0 fully saturated rings. The van der Waals surface area contributed by atoms with Gasteiger partial charge in [0.1, 0.15) is 0 Å². The first kappa shape index (κ1) is 17.2. The highest BCUT2D eigenvalue weighted by Crippen LogP contribution is 2.39. The molecule has 0 aliphatic carbocycles. The molecule has 1 unspecified atom stereocenters. The van der Waals surface area contributed by atoms with Crippen LogP contribution in [0.25, 0.3) is 0 Å². The predicted molar refractivity (Wildman–Crippen MR) is 90.3 cm³/mol. The lowest BCUT2D eigenvalue weighted by Gasteiger charge is -2.34. The minimum Gasteiger partial charge on any atom is -0.410 e. The molecular formula is C17H30NOSi. The van der Waals surface area contributed by atoms with Crippen molar-refractivity contribution in [1.82, 2.24) is 0 Å². The normalized spacial score (nSPS) is 14.7. The zero-order valence-corrected chi connectivity index (χ0v) is 15.3. The van der Waals surface area contributed by atoms with Crippen molar-refractivity contribution in [2.24, 2.45) is 5.41 Å². The second kappa shape index (κ2) is 5.90. The molecule has 3 heteroatoms. The van der Waals surface area contributed by atoms with Gasteiger partial charge < -0.3 is 10.2 Å². The first-order valence-corrected chi connectivity index (χ1v) is 9.70. The van der Waals surface area contributed by atoms with Crippen LogP contribution in [0, 0.1) is 5.41 Å². The van der Waals surface area contributed by atoms with Crippen LogP contribution >= 0.6 is 0 Å². The van der Waals surface area contributed by atoms with Crippen molar-refractivity contribution in [3.63, 3.8) is 0 Å². The molecule has 0 amide bonds. The van der Waals surface area contributed by atoms with Crippen molar-refractivity contribution >= 4 is 14.7 Å². The average Bonchev–Trinajstić information content (AvgIpc) is 2.22. The maximum atomic E-state index is 6.27. The zero-order chi connectivity index (χ0) is 15.7. The third-order valence-electron chi connectivity index (χ3n) is 3.29. The molecule has 1 aromatic carbocycles. The third-order valence-corrected chi connectivity index (χ3v) is 3.99. The van der Waals surface area contributed by atoms with Gasteiger partial charge in [-0.1, -0.05) is 47.6 Å². The van der Waals surface area contributed by atoms with E-state index in [4.69, 9.17) is 10.2 Å². The van der Waals surface area contributed by atoms with Gasteiger partial charge in [0.05, 0.1) is 6.10 Å². The molecule has 0 heterocycles. The molecule has 1 rings (SSSR count). The Balaban J connectivity index is 3.30. The van der Waals surface area contributed by atoms with Crippen molar-refractivity contribution in [1.29, 1.82) is 0 Å². The first-order valence-electron chi connectivity index (χ1n) is 7.29. The van der Waals surface area contributed by atoms with E-state index >= 15 is 0 Å². The number of nitrogen functional groups attached to an aromatic ring is 1. The minimum absolute atomic E-state index is 0.0604. The van der Waals surface area contributed by atoms with Crippen molar-refractivity contribution < 1.29 is 4.43 Å². The fourth-order valence-electron chi connectivity index (χ4n) is 2.24. The van der Waals surface area contributed by atoms with E-state index in [-0.39, 0.29) is 16.9 Å². The van der Waals surface area contributed by atoms with E-state index in [2.05, 4.69) is 72.8 Å². The summed E-state index contributed by atoms with van der Waals surface area (Å²) < 4.78 is 6.27. The molecule has 0 saturated carbocycles. The van der Waals surface area contributed by atoms with Crippen LogP contribution in [0.15, 0.2) is 18.2 Å². The SMILES string of the molecule is C[Si](C)OC(c1cc(N)cc(C(C)(C)C)c1)C(C)(C)C. The molecule has 0 bridgehead atoms. The number of benzene rings is 1. The Morgan fingerprint density at radius 2 is 1.55 bits per heavy atom. The van der Waals surface area contributed by atoms with E-state index in [1.165, 1.54) is 11.1 Å². The molecule has 2 N–H and O–H groups in total. The van der Waals surface area contributed by atoms with E-state index in [9.17, 15) is 0 Å². The maximum Gasteiger partial charge on any atom is 0.205 e. The topological polar surface area (TPSA) is 35.2 Å². The van der Waals surface area contributed by atoms with E-state index in [0.717, 1.165) is 5.69 Å². The zero-order valence-electron chi connectivity index (χ0n) is 14.3. The highest BCUT2D eigenvalue weighted by atomic mass is 28.3. The number of hydrogen-bond acceptors (Lipinski definition) is 2. The van der Waals surface area contributed by atoms with Gasteiger partial charge in [0.2, 0.25) is 9.04 Å². The van der Waals surface area contributed by atoms with E-state index in [1.54, 1.807) is 0 Å². The fourth-order valence-corrected chi connectivity index (χ4v) is 3.20. The Morgan fingerprint density at radius 3 is 1.95 bits per heavy atom. The van der Waals surface area contributed by atoms with Crippen LogP contribution in [0.3, 0.4) is 0 Å². The summed E-state index contributed by atoms with van der Waals surface area (Å²) in [4.78, 5) is 0.